The topological polar surface area (TPSA) is 76.0 Å². The van der Waals surface area contributed by atoms with Gasteiger partial charge in [0.15, 0.2) is 9.48 Å². The van der Waals surface area contributed by atoms with Gasteiger partial charge >= 0.3 is 5.82 Å². The molecule has 0 aliphatic carbocycles. The smallest absolute Gasteiger partial charge is 0.333 e. The molecule has 0 saturated heterocycles. The van der Waals surface area contributed by atoms with Gasteiger partial charge in [-0.1, -0.05) is 13.8 Å². The molecule has 5 nitrogen and oxygen atoms in total. The lowest BCUT2D eigenvalue weighted by atomic mass is 10.2. The predicted octanol–water partition coefficient (Wildman–Crippen LogP) is 3.36. The lowest BCUT2D eigenvalue weighted by molar-refractivity contribution is -0.389. The minimum atomic E-state index is -0.582. The first-order valence-corrected chi connectivity index (χ1v) is 6.33. The van der Waals surface area contributed by atoms with Crippen LogP contribution in [0.5, 0.6) is 0 Å². The maximum atomic E-state index is 11.1. The van der Waals surface area contributed by atoms with Crippen LogP contribution in [0.2, 0.25) is 0 Å². The van der Waals surface area contributed by atoms with Crippen molar-refractivity contribution in [1.29, 1.82) is 0 Å². The molecule has 0 aromatic carbocycles. The third kappa shape index (κ3) is 3.40. The van der Waals surface area contributed by atoms with E-state index in [0.29, 0.717) is 7.27 Å². The molecule has 1 N–H and O–H groups in total. The molecule has 1 aromatic heterocycles. The molecular weight excluding hydrogens is 426 g/mol. The number of H-pyrrole nitrogens is 1. The molecule has 0 amide bonds. The molecule has 0 aliphatic rings. The average molecular weight is 436 g/mol. The number of aromatic amines is 1. The van der Waals surface area contributed by atoms with Gasteiger partial charge in [0.1, 0.15) is 5.56 Å². The van der Waals surface area contributed by atoms with Crippen LogP contribution in [-0.2, 0) is 0 Å². The van der Waals surface area contributed by atoms with Crippen LogP contribution < -0.4 is 0 Å². The van der Waals surface area contributed by atoms with Crippen molar-refractivity contribution in [3.05, 3.63) is 22.9 Å². The first-order valence-electron chi connectivity index (χ1n) is 4.17. The van der Waals surface area contributed by atoms with E-state index in [1.165, 1.54) is 6.92 Å². The van der Waals surface area contributed by atoms with Crippen LogP contribution in [0, 0.1) is 17.4 Å². The highest BCUT2D eigenvalue weighted by Gasteiger charge is 2.25. The molecule has 15 heavy (non-hydrogen) atoms. The summed E-state index contributed by atoms with van der Waals surface area (Å²) in [5.74, 6) is -0.517. The van der Waals surface area contributed by atoms with Crippen LogP contribution in [0.25, 0.3) is 0 Å². The molecule has 1 aromatic rings. The van der Waals surface area contributed by atoms with Crippen LogP contribution in [0.1, 0.15) is 31.1 Å². The quantitative estimate of drug-likeness (QED) is 0.335. The predicted molar refractivity (Wildman–Crippen MR) is 74.2 cm³/mol. The van der Waals surface area contributed by atoms with Gasteiger partial charge in [-0.25, -0.2) is 4.98 Å². The number of nitrogens with zero attached hydrogens (tertiary/aromatic N) is 1. The van der Waals surface area contributed by atoms with Crippen LogP contribution in [0.4, 0.5) is 5.82 Å². The van der Waals surface area contributed by atoms with Crippen LogP contribution >= 0.6 is 45.2 Å². The highest BCUT2D eigenvalue weighted by atomic mass is 127. The number of carbonyl (C=O) groups is 1. The van der Waals surface area contributed by atoms with Gasteiger partial charge in [0.25, 0.3) is 0 Å². The van der Waals surface area contributed by atoms with E-state index in [-0.39, 0.29) is 17.2 Å². The molecule has 0 spiro atoms. The van der Waals surface area contributed by atoms with Gasteiger partial charge in [0.2, 0.25) is 0 Å². The van der Waals surface area contributed by atoms with Crippen molar-refractivity contribution >= 4 is 56.8 Å². The second kappa shape index (κ2) is 6.40. The monoisotopic (exact) mass is 436 g/mol. The minimum Gasteiger partial charge on any atom is -0.358 e. The van der Waals surface area contributed by atoms with Gasteiger partial charge in [-0.15, -0.1) is 0 Å². The highest BCUT2D eigenvalue weighted by Crippen LogP contribution is 2.27. The zero-order valence-corrected chi connectivity index (χ0v) is 12.7. The summed E-state index contributed by atoms with van der Waals surface area (Å²) in [4.78, 5) is 23.6. The van der Waals surface area contributed by atoms with Gasteiger partial charge < -0.3 is 10.1 Å². The van der Waals surface area contributed by atoms with Crippen molar-refractivity contribution in [3.63, 3.8) is 0 Å². The van der Waals surface area contributed by atoms with E-state index in [1.807, 2.05) is 59.0 Å². The van der Waals surface area contributed by atoms with E-state index in [4.69, 9.17) is 0 Å². The maximum absolute atomic E-state index is 11.1. The van der Waals surface area contributed by atoms with E-state index in [0.717, 1.165) is 0 Å². The molecule has 0 bridgehead atoms. The molecule has 0 unspecified atom stereocenters. The first-order chi connectivity index (χ1) is 6.95. The van der Waals surface area contributed by atoms with Crippen LogP contribution in [0.3, 0.4) is 0 Å². The normalized spacial score (nSPS) is 9.13. The van der Waals surface area contributed by atoms with Gasteiger partial charge in [-0.3, -0.25) is 4.79 Å². The minimum absolute atomic E-state index is 0.162. The molecule has 0 atom stereocenters. The Morgan fingerprint density at radius 3 is 2.13 bits per heavy atom. The summed E-state index contributed by atoms with van der Waals surface area (Å²) < 4.78 is 1.23. The Labute approximate surface area is 114 Å². The molecule has 0 saturated carbocycles. The third-order valence-electron chi connectivity index (χ3n) is 1.41. The number of carbonyl (C=O) groups excluding carboxylic acids is 1. The van der Waals surface area contributed by atoms with Crippen molar-refractivity contribution in [1.82, 2.24) is 4.98 Å². The summed E-state index contributed by atoms with van der Waals surface area (Å²) >= 11 is 3.83. The fourth-order valence-electron chi connectivity index (χ4n) is 0.893. The van der Waals surface area contributed by atoms with Crippen LogP contribution in [-0.4, -0.2) is 15.7 Å². The van der Waals surface area contributed by atoms with Crippen molar-refractivity contribution < 1.29 is 9.72 Å². The second-order valence-corrected chi connectivity index (χ2v) is 4.45. The Kier molecular flexibility index (Phi) is 6.32. The molecule has 0 fully saturated rings. The van der Waals surface area contributed by atoms with Crippen molar-refractivity contribution in [2.24, 2.45) is 0 Å². The van der Waals surface area contributed by atoms with Crippen molar-refractivity contribution in [3.8, 4) is 0 Å². The standard InChI is InChI=1S/C6H4I2N2O3.C2H6/c1-2(11)3-4(7)5(8)9-6(3)10(12)13;1-2/h9H,1H3;1-2H3. The molecule has 1 rings (SSSR count). The highest BCUT2D eigenvalue weighted by molar-refractivity contribution is 14.1. The number of Topliss-reactive ketones (excluding diaryl/α,β-unsaturated/α-hetero) is 1. The fraction of sp³-hybridized carbons (Fsp3) is 0.375. The van der Waals surface area contributed by atoms with Gasteiger partial charge in [-0.2, -0.15) is 0 Å². The SMILES string of the molecule is CC.CC(=O)c1c([N+](=O)[O-])[nH]c(I)c1I. The van der Waals surface area contributed by atoms with Crippen molar-refractivity contribution in [2.75, 3.05) is 0 Å². The molecular formula is C8H10I2N2O3. The lowest BCUT2D eigenvalue weighted by Gasteiger charge is -1.93. The Bertz CT molecular complexity index is 387. The zero-order chi connectivity index (χ0) is 12.2. The zero-order valence-electron chi connectivity index (χ0n) is 8.43. The van der Waals surface area contributed by atoms with E-state index in [2.05, 4.69) is 4.98 Å². The maximum Gasteiger partial charge on any atom is 0.333 e. The number of ketones is 1. The summed E-state index contributed by atoms with van der Waals surface area (Å²) in [5.41, 5.74) is 0.162. The van der Waals surface area contributed by atoms with Gasteiger partial charge in [0, 0.05) is 22.6 Å². The number of halogens is 2. The number of rotatable bonds is 2. The molecule has 1 heterocycles. The number of hydrogen-bond acceptors (Lipinski definition) is 3. The molecule has 0 radical (unpaired) electrons. The lowest BCUT2D eigenvalue weighted by Crippen LogP contribution is -1.98. The van der Waals surface area contributed by atoms with E-state index >= 15 is 0 Å². The van der Waals surface area contributed by atoms with E-state index < -0.39 is 4.92 Å². The third-order valence-corrected chi connectivity index (χ3v) is 4.33. The Morgan fingerprint density at radius 2 is 1.87 bits per heavy atom. The number of nitrogens with one attached hydrogen (secondary N) is 1. The summed E-state index contributed by atoms with van der Waals surface area (Å²) in [5, 5.41) is 10.5. The van der Waals surface area contributed by atoms with E-state index in [9.17, 15) is 14.9 Å². The molecule has 0 aliphatic heterocycles. The van der Waals surface area contributed by atoms with E-state index in [1.54, 1.807) is 0 Å². The average Bonchev–Trinajstić information content (AvgIpc) is 2.47. The Balaban J connectivity index is 0.000000921. The van der Waals surface area contributed by atoms with Gasteiger partial charge in [0.05, 0.1) is 3.57 Å². The number of nitro groups is 1. The summed E-state index contributed by atoms with van der Waals surface area (Å²) in [6.45, 7) is 5.31. The number of hydrogen-bond donors (Lipinski definition) is 1. The first kappa shape index (κ1) is 14.8. The summed E-state index contributed by atoms with van der Waals surface area (Å²) in [7, 11) is 0. The largest absolute Gasteiger partial charge is 0.358 e. The summed E-state index contributed by atoms with van der Waals surface area (Å²) in [6, 6.07) is 0. The second-order valence-electron chi connectivity index (χ2n) is 2.29. The van der Waals surface area contributed by atoms with Crippen LogP contribution in [0.15, 0.2) is 0 Å². The Hall–Kier alpha value is -0.190. The number of aromatic nitrogens is 1. The molecule has 84 valence electrons. The molecule has 7 heteroatoms. The Morgan fingerprint density at radius 1 is 1.40 bits per heavy atom. The summed E-state index contributed by atoms with van der Waals surface area (Å²) in [6.07, 6.45) is 0. The fourth-order valence-corrected chi connectivity index (χ4v) is 2.19. The van der Waals surface area contributed by atoms with Crippen molar-refractivity contribution in [2.45, 2.75) is 20.8 Å². The van der Waals surface area contributed by atoms with Gasteiger partial charge in [-0.05, 0) is 34.4 Å².